The van der Waals surface area contributed by atoms with Gasteiger partial charge in [-0.2, -0.15) is 0 Å². The lowest BCUT2D eigenvalue weighted by Crippen LogP contribution is -2.37. The van der Waals surface area contributed by atoms with Crippen LogP contribution in [0.4, 0.5) is 0 Å². The van der Waals surface area contributed by atoms with E-state index in [1.54, 1.807) is 6.07 Å². The lowest BCUT2D eigenvalue weighted by Gasteiger charge is -2.31. The van der Waals surface area contributed by atoms with Crippen molar-refractivity contribution in [1.82, 2.24) is 0 Å². The normalized spacial score (nSPS) is 15.9. The van der Waals surface area contributed by atoms with E-state index in [0.29, 0.717) is 5.02 Å². The van der Waals surface area contributed by atoms with Gasteiger partial charge in [-0.15, -0.1) is 0 Å². The van der Waals surface area contributed by atoms with Gasteiger partial charge in [0.25, 0.3) is 0 Å². The summed E-state index contributed by atoms with van der Waals surface area (Å²) in [6.07, 6.45) is -0.577. The van der Waals surface area contributed by atoms with E-state index in [-0.39, 0.29) is 11.5 Å². The maximum absolute atomic E-state index is 10.1. The lowest BCUT2D eigenvalue weighted by atomic mass is 9.82. The average Bonchev–Trinajstić information content (AvgIpc) is 2.14. The number of hydrogen-bond donors (Lipinski definition) is 2. The molecule has 3 heteroatoms. The third kappa shape index (κ3) is 2.97. The van der Waals surface area contributed by atoms with E-state index in [1.807, 2.05) is 39.8 Å². The molecule has 1 rings (SSSR count). The van der Waals surface area contributed by atoms with Gasteiger partial charge in [0.1, 0.15) is 0 Å². The summed E-state index contributed by atoms with van der Waals surface area (Å²) in [6, 6.07) is 5.18. The van der Waals surface area contributed by atoms with E-state index in [4.69, 9.17) is 17.3 Å². The molecule has 16 heavy (non-hydrogen) atoms. The maximum Gasteiger partial charge on any atom is 0.0781 e. The molecule has 2 atom stereocenters. The first-order valence-electron chi connectivity index (χ1n) is 5.43. The van der Waals surface area contributed by atoms with E-state index < -0.39 is 6.10 Å². The fourth-order valence-electron chi connectivity index (χ4n) is 1.72. The van der Waals surface area contributed by atoms with Gasteiger partial charge in [-0.3, -0.25) is 0 Å². The fourth-order valence-corrected chi connectivity index (χ4v) is 1.95. The number of aliphatic hydroxyl groups excluding tert-OH is 1. The van der Waals surface area contributed by atoms with Crippen molar-refractivity contribution >= 4 is 11.6 Å². The predicted molar refractivity (Wildman–Crippen MR) is 68.6 cm³/mol. The zero-order valence-electron chi connectivity index (χ0n) is 10.3. The van der Waals surface area contributed by atoms with Crippen LogP contribution in [0.5, 0.6) is 0 Å². The number of aryl methyl sites for hydroxylation is 1. The summed E-state index contributed by atoms with van der Waals surface area (Å²) < 4.78 is 0. The van der Waals surface area contributed by atoms with Crippen molar-refractivity contribution in [2.24, 2.45) is 11.1 Å². The van der Waals surface area contributed by atoms with Crippen LogP contribution in [0.15, 0.2) is 18.2 Å². The van der Waals surface area contributed by atoms with Gasteiger partial charge >= 0.3 is 0 Å². The first-order valence-corrected chi connectivity index (χ1v) is 5.81. The number of aliphatic hydroxyl groups is 1. The Kier molecular flexibility index (Phi) is 4.00. The Labute approximate surface area is 102 Å². The third-order valence-electron chi connectivity index (χ3n) is 2.82. The van der Waals surface area contributed by atoms with Crippen LogP contribution < -0.4 is 5.73 Å². The van der Waals surface area contributed by atoms with Crippen LogP contribution in [0.2, 0.25) is 5.02 Å². The first-order chi connectivity index (χ1) is 7.23. The van der Waals surface area contributed by atoms with Crippen molar-refractivity contribution in [1.29, 1.82) is 0 Å². The molecule has 0 fully saturated rings. The molecule has 0 radical (unpaired) electrons. The van der Waals surface area contributed by atoms with Crippen molar-refractivity contribution < 1.29 is 5.11 Å². The molecule has 0 aliphatic rings. The molecule has 2 nitrogen and oxygen atoms in total. The summed E-state index contributed by atoms with van der Waals surface area (Å²) in [6.45, 7) is 7.88. The van der Waals surface area contributed by atoms with Gasteiger partial charge < -0.3 is 10.8 Å². The summed E-state index contributed by atoms with van der Waals surface area (Å²) in [4.78, 5) is 0. The molecular weight excluding hydrogens is 222 g/mol. The van der Waals surface area contributed by atoms with Crippen molar-refractivity contribution in [2.45, 2.75) is 39.8 Å². The molecule has 0 bridgehead atoms. The zero-order valence-corrected chi connectivity index (χ0v) is 11.0. The molecule has 0 spiro atoms. The smallest absolute Gasteiger partial charge is 0.0781 e. The van der Waals surface area contributed by atoms with Crippen molar-refractivity contribution in [3.05, 3.63) is 34.3 Å². The summed E-state index contributed by atoms with van der Waals surface area (Å²) in [5.74, 6) is 0. The molecule has 3 N–H and O–H groups in total. The highest BCUT2D eigenvalue weighted by Crippen LogP contribution is 2.30. The molecule has 0 saturated carbocycles. The first kappa shape index (κ1) is 13.5. The fraction of sp³-hybridized carbons (Fsp3) is 0.538. The SMILES string of the molecule is Cc1cc(Cl)ccc1[C@@H](N)[C@@H](O)C(C)(C)C. The number of rotatable bonds is 2. The molecule has 0 saturated heterocycles. The molecule has 0 aromatic heterocycles. The molecule has 0 heterocycles. The highest BCUT2D eigenvalue weighted by Gasteiger charge is 2.29. The van der Waals surface area contributed by atoms with Gasteiger partial charge in [0.2, 0.25) is 0 Å². The van der Waals surface area contributed by atoms with Crippen molar-refractivity contribution in [2.75, 3.05) is 0 Å². The standard InChI is InChI=1S/C13H20ClNO/c1-8-7-9(14)5-6-10(8)11(15)12(16)13(2,3)4/h5-7,11-12,16H,15H2,1-4H3/t11-,12-/m1/s1. The minimum atomic E-state index is -0.577. The molecule has 0 aliphatic heterocycles. The molecule has 1 aromatic rings. The van der Waals surface area contributed by atoms with Crippen LogP contribution in [0.1, 0.15) is 37.9 Å². The van der Waals surface area contributed by atoms with Crippen molar-refractivity contribution in [3.63, 3.8) is 0 Å². The Morgan fingerprint density at radius 2 is 1.88 bits per heavy atom. The predicted octanol–water partition coefficient (Wildman–Crippen LogP) is 3.06. The second-order valence-corrected chi connectivity index (χ2v) is 5.77. The highest BCUT2D eigenvalue weighted by molar-refractivity contribution is 6.30. The largest absolute Gasteiger partial charge is 0.391 e. The molecule has 0 unspecified atom stereocenters. The minimum absolute atomic E-state index is 0.231. The van der Waals surface area contributed by atoms with Gasteiger partial charge in [-0.1, -0.05) is 38.4 Å². The molecule has 1 aromatic carbocycles. The van der Waals surface area contributed by atoms with Crippen LogP contribution in [-0.2, 0) is 0 Å². The van der Waals surface area contributed by atoms with Crippen molar-refractivity contribution in [3.8, 4) is 0 Å². The monoisotopic (exact) mass is 241 g/mol. The summed E-state index contributed by atoms with van der Waals surface area (Å²) >= 11 is 5.89. The molecule has 0 aliphatic carbocycles. The second-order valence-electron chi connectivity index (χ2n) is 5.34. The van der Waals surface area contributed by atoms with Gasteiger partial charge in [-0.25, -0.2) is 0 Å². The number of halogens is 1. The maximum atomic E-state index is 10.1. The highest BCUT2D eigenvalue weighted by atomic mass is 35.5. The number of nitrogens with two attached hydrogens (primary N) is 1. The number of hydrogen-bond acceptors (Lipinski definition) is 2. The van der Waals surface area contributed by atoms with Crippen LogP contribution >= 0.6 is 11.6 Å². The van der Waals surface area contributed by atoms with E-state index >= 15 is 0 Å². The molecule has 0 amide bonds. The van der Waals surface area contributed by atoms with E-state index in [0.717, 1.165) is 11.1 Å². The van der Waals surface area contributed by atoms with Gasteiger partial charge in [0.15, 0.2) is 0 Å². The van der Waals surface area contributed by atoms with E-state index in [1.165, 1.54) is 0 Å². The minimum Gasteiger partial charge on any atom is -0.391 e. The average molecular weight is 242 g/mol. The van der Waals surface area contributed by atoms with Crippen LogP contribution in [0.3, 0.4) is 0 Å². The zero-order chi connectivity index (χ0) is 12.5. The van der Waals surface area contributed by atoms with Crippen LogP contribution in [0, 0.1) is 12.3 Å². The Morgan fingerprint density at radius 3 is 2.31 bits per heavy atom. The summed E-state index contributed by atoms with van der Waals surface area (Å²) in [5.41, 5.74) is 7.82. The Bertz CT molecular complexity index is 371. The second kappa shape index (κ2) is 4.74. The molecular formula is C13H20ClNO. The Morgan fingerprint density at radius 1 is 1.31 bits per heavy atom. The Balaban J connectivity index is 3.01. The van der Waals surface area contributed by atoms with Gasteiger partial charge in [0, 0.05) is 5.02 Å². The summed E-state index contributed by atoms with van der Waals surface area (Å²) in [5, 5.41) is 10.8. The van der Waals surface area contributed by atoms with Crippen LogP contribution in [0.25, 0.3) is 0 Å². The summed E-state index contributed by atoms with van der Waals surface area (Å²) in [7, 11) is 0. The van der Waals surface area contributed by atoms with Crippen LogP contribution in [-0.4, -0.2) is 11.2 Å². The van der Waals surface area contributed by atoms with Gasteiger partial charge in [0.05, 0.1) is 12.1 Å². The number of benzene rings is 1. The topological polar surface area (TPSA) is 46.2 Å². The lowest BCUT2D eigenvalue weighted by molar-refractivity contribution is 0.0399. The van der Waals surface area contributed by atoms with Gasteiger partial charge in [-0.05, 0) is 35.6 Å². The third-order valence-corrected chi connectivity index (χ3v) is 3.05. The quantitative estimate of drug-likeness (QED) is 0.836. The Hall–Kier alpha value is -0.570. The van der Waals surface area contributed by atoms with E-state index in [2.05, 4.69) is 0 Å². The van der Waals surface area contributed by atoms with E-state index in [9.17, 15) is 5.11 Å². The molecule has 90 valence electrons.